The molecule has 0 bridgehead atoms. The van der Waals surface area contributed by atoms with Crippen molar-refractivity contribution >= 4 is 5.69 Å². The van der Waals surface area contributed by atoms with Gasteiger partial charge in [0.25, 0.3) is 0 Å². The van der Waals surface area contributed by atoms with E-state index in [4.69, 9.17) is 9.47 Å². The highest BCUT2D eigenvalue weighted by molar-refractivity contribution is 5.49. The fourth-order valence-corrected chi connectivity index (χ4v) is 4.87. The summed E-state index contributed by atoms with van der Waals surface area (Å²) in [5.74, 6) is 2.91. The summed E-state index contributed by atoms with van der Waals surface area (Å²) in [5.41, 5.74) is 1.24. The molecule has 0 aromatic heterocycles. The summed E-state index contributed by atoms with van der Waals surface area (Å²) in [6.07, 6.45) is 3.60. The molecule has 1 aliphatic carbocycles. The first-order valence-electron chi connectivity index (χ1n) is 11.4. The van der Waals surface area contributed by atoms with Crippen LogP contribution in [-0.2, 0) is 4.74 Å². The van der Waals surface area contributed by atoms with Crippen LogP contribution in [0.25, 0.3) is 0 Å². The maximum atomic E-state index is 10.6. The predicted molar refractivity (Wildman–Crippen MR) is 119 cm³/mol. The topological polar surface area (TPSA) is 45.2 Å². The maximum absolute atomic E-state index is 10.6. The number of anilines is 1. The van der Waals surface area contributed by atoms with Crippen LogP contribution >= 0.6 is 0 Å². The molecule has 1 heterocycles. The van der Waals surface area contributed by atoms with Crippen molar-refractivity contribution in [2.75, 3.05) is 51.3 Å². The molecular weight excluding hydrogens is 364 g/mol. The molecule has 0 spiro atoms. The highest BCUT2D eigenvalue weighted by atomic mass is 16.5. The highest BCUT2D eigenvalue weighted by Gasteiger charge is 2.32. The number of hydrogen-bond acceptors (Lipinski definition) is 5. The Labute approximate surface area is 177 Å². The lowest BCUT2D eigenvalue weighted by molar-refractivity contribution is -0.0740. The summed E-state index contributed by atoms with van der Waals surface area (Å²) in [5, 5.41) is 10.6. The fourth-order valence-electron chi connectivity index (χ4n) is 4.87. The van der Waals surface area contributed by atoms with Gasteiger partial charge in [0, 0.05) is 38.4 Å². The third kappa shape index (κ3) is 6.34. The van der Waals surface area contributed by atoms with Gasteiger partial charge in [-0.2, -0.15) is 0 Å². The summed E-state index contributed by atoms with van der Waals surface area (Å²) in [6, 6.07) is 8.26. The SMILES string of the molecule is COc1ccc(N2CCN(C[C@H](O)CO[C@@H]3C[C@@H](C)CC[C@@H]3C(C)C)CC2)cc1. The molecule has 1 aromatic rings. The van der Waals surface area contributed by atoms with Crippen molar-refractivity contribution in [2.24, 2.45) is 17.8 Å². The molecule has 1 aliphatic heterocycles. The molecule has 1 aromatic carbocycles. The second-order valence-electron chi connectivity index (χ2n) is 9.34. The molecule has 3 rings (SSSR count). The first kappa shape index (κ1) is 22.4. The second-order valence-corrected chi connectivity index (χ2v) is 9.34. The largest absolute Gasteiger partial charge is 0.497 e. The van der Waals surface area contributed by atoms with Crippen molar-refractivity contribution in [1.29, 1.82) is 0 Å². The van der Waals surface area contributed by atoms with Gasteiger partial charge in [-0.3, -0.25) is 4.90 Å². The van der Waals surface area contributed by atoms with E-state index in [1.807, 2.05) is 12.1 Å². The number of piperazine rings is 1. The molecule has 5 nitrogen and oxygen atoms in total. The van der Waals surface area contributed by atoms with Crippen LogP contribution in [0.15, 0.2) is 24.3 Å². The second kappa shape index (κ2) is 10.6. The van der Waals surface area contributed by atoms with Crippen LogP contribution < -0.4 is 9.64 Å². The van der Waals surface area contributed by atoms with Gasteiger partial charge in [0.05, 0.1) is 25.9 Å². The van der Waals surface area contributed by atoms with Crippen molar-refractivity contribution in [3.8, 4) is 5.75 Å². The summed E-state index contributed by atoms with van der Waals surface area (Å²) in [7, 11) is 1.70. The Balaban J connectivity index is 1.40. The monoisotopic (exact) mass is 404 g/mol. The average molecular weight is 405 g/mol. The number of β-amino-alcohol motifs (C(OH)–C–C–N with tert-alkyl or cyclic N) is 1. The number of aliphatic hydroxyl groups excluding tert-OH is 1. The minimum atomic E-state index is -0.410. The Morgan fingerprint density at radius 2 is 1.76 bits per heavy atom. The van der Waals surface area contributed by atoms with Gasteiger partial charge >= 0.3 is 0 Å². The molecule has 0 radical (unpaired) electrons. The van der Waals surface area contributed by atoms with E-state index >= 15 is 0 Å². The third-order valence-electron chi connectivity index (χ3n) is 6.74. The van der Waals surface area contributed by atoms with Crippen molar-refractivity contribution < 1.29 is 14.6 Å². The normalized spacial score (nSPS) is 27.2. The molecule has 1 saturated carbocycles. The summed E-state index contributed by atoms with van der Waals surface area (Å²) in [4.78, 5) is 4.76. The molecule has 29 heavy (non-hydrogen) atoms. The molecule has 2 fully saturated rings. The number of hydrogen-bond donors (Lipinski definition) is 1. The minimum Gasteiger partial charge on any atom is -0.497 e. The van der Waals surface area contributed by atoms with Gasteiger partial charge in [0.2, 0.25) is 0 Å². The molecule has 0 unspecified atom stereocenters. The van der Waals surface area contributed by atoms with Crippen LogP contribution in [0.1, 0.15) is 40.0 Å². The molecule has 2 aliphatic rings. The quantitative estimate of drug-likeness (QED) is 0.716. The number of benzene rings is 1. The lowest BCUT2D eigenvalue weighted by Crippen LogP contribution is -2.49. The average Bonchev–Trinajstić information content (AvgIpc) is 2.73. The van der Waals surface area contributed by atoms with Crippen LogP contribution in [0.3, 0.4) is 0 Å². The Kier molecular flexibility index (Phi) is 8.22. The van der Waals surface area contributed by atoms with Crippen molar-refractivity contribution in [3.05, 3.63) is 24.3 Å². The van der Waals surface area contributed by atoms with Crippen LogP contribution in [0.5, 0.6) is 5.75 Å². The summed E-state index contributed by atoms with van der Waals surface area (Å²) in [6.45, 7) is 12.0. The molecule has 0 amide bonds. The Hall–Kier alpha value is -1.30. The van der Waals surface area contributed by atoms with Gasteiger partial charge in [-0.15, -0.1) is 0 Å². The molecular formula is C24H40N2O3. The van der Waals surface area contributed by atoms with Gasteiger partial charge in [-0.1, -0.05) is 27.2 Å². The number of rotatable bonds is 8. The third-order valence-corrected chi connectivity index (χ3v) is 6.74. The lowest BCUT2D eigenvalue weighted by atomic mass is 9.75. The fraction of sp³-hybridized carbons (Fsp3) is 0.750. The van der Waals surface area contributed by atoms with Crippen LogP contribution in [0, 0.1) is 17.8 Å². The summed E-state index contributed by atoms with van der Waals surface area (Å²) < 4.78 is 11.5. The Morgan fingerprint density at radius 1 is 1.07 bits per heavy atom. The maximum Gasteiger partial charge on any atom is 0.119 e. The molecule has 1 N–H and O–H groups in total. The Bertz CT molecular complexity index is 599. The van der Waals surface area contributed by atoms with Crippen molar-refractivity contribution in [3.63, 3.8) is 0 Å². The number of nitrogens with zero attached hydrogens (tertiary/aromatic N) is 2. The van der Waals surface area contributed by atoms with E-state index < -0.39 is 6.10 Å². The van der Waals surface area contributed by atoms with Crippen molar-refractivity contribution in [1.82, 2.24) is 4.90 Å². The molecule has 5 heteroatoms. The highest BCUT2D eigenvalue weighted by Crippen LogP contribution is 2.35. The molecule has 164 valence electrons. The first-order chi connectivity index (χ1) is 14.0. The predicted octanol–water partition coefficient (Wildman–Crippen LogP) is 3.66. The zero-order chi connectivity index (χ0) is 20.8. The zero-order valence-corrected chi connectivity index (χ0v) is 18.7. The zero-order valence-electron chi connectivity index (χ0n) is 18.7. The van der Waals surface area contributed by atoms with Crippen molar-refractivity contribution in [2.45, 2.75) is 52.2 Å². The molecule has 4 atom stereocenters. The van der Waals surface area contributed by atoms with E-state index in [2.05, 4.69) is 42.7 Å². The smallest absolute Gasteiger partial charge is 0.119 e. The van der Waals surface area contributed by atoms with E-state index in [1.165, 1.54) is 18.5 Å². The van der Waals surface area contributed by atoms with E-state index in [-0.39, 0.29) is 0 Å². The van der Waals surface area contributed by atoms with Crippen LogP contribution in [-0.4, -0.2) is 68.7 Å². The standard InChI is InChI=1S/C24H40N2O3/c1-18(2)23-10-5-19(3)15-24(23)29-17-21(27)16-25-11-13-26(14-12-25)20-6-8-22(28-4)9-7-20/h6-9,18-19,21,23-24,27H,5,10-17H2,1-4H3/t19-,21-,23+,24+/m0/s1. The van der Waals surface area contributed by atoms with Crippen LogP contribution in [0.4, 0.5) is 5.69 Å². The van der Waals surface area contributed by atoms with E-state index in [9.17, 15) is 5.11 Å². The number of aliphatic hydroxyl groups is 1. The first-order valence-corrected chi connectivity index (χ1v) is 11.4. The van der Waals surface area contributed by atoms with Gasteiger partial charge in [-0.05, 0) is 54.9 Å². The number of methoxy groups -OCH3 is 1. The van der Waals surface area contributed by atoms with Gasteiger partial charge in [0.15, 0.2) is 0 Å². The van der Waals surface area contributed by atoms with E-state index in [0.29, 0.717) is 31.1 Å². The van der Waals surface area contributed by atoms with Gasteiger partial charge < -0.3 is 19.5 Å². The lowest BCUT2D eigenvalue weighted by Gasteiger charge is -2.39. The van der Waals surface area contributed by atoms with E-state index in [1.54, 1.807) is 7.11 Å². The Morgan fingerprint density at radius 3 is 2.38 bits per heavy atom. The number of ether oxygens (including phenoxy) is 2. The van der Waals surface area contributed by atoms with Gasteiger partial charge in [0.1, 0.15) is 5.75 Å². The minimum absolute atomic E-state index is 0.306. The molecule has 1 saturated heterocycles. The van der Waals surface area contributed by atoms with Crippen LogP contribution in [0.2, 0.25) is 0 Å². The van der Waals surface area contributed by atoms with Gasteiger partial charge in [-0.25, -0.2) is 0 Å². The van der Waals surface area contributed by atoms with E-state index in [0.717, 1.165) is 44.3 Å². The summed E-state index contributed by atoms with van der Waals surface area (Å²) >= 11 is 0.